The lowest BCUT2D eigenvalue weighted by molar-refractivity contribution is 0.520. The van der Waals surface area contributed by atoms with Crippen molar-refractivity contribution < 1.29 is 0 Å². The third kappa shape index (κ3) is 4.77. The summed E-state index contributed by atoms with van der Waals surface area (Å²) in [6.07, 6.45) is 6.95. The Kier molecular flexibility index (Phi) is 6.05. The van der Waals surface area contributed by atoms with Crippen LogP contribution in [0.25, 0.3) is 0 Å². The molecule has 0 aromatic carbocycles. The maximum Gasteiger partial charge on any atom is 0.328 e. The molecule has 1 aromatic heterocycles. The second kappa shape index (κ2) is 7.33. The Hall–Kier alpha value is -1.03. The normalized spacial score (nSPS) is 11.3. The molecule has 0 fully saturated rings. The van der Waals surface area contributed by atoms with Gasteiger partial charge in [-0.3, -0.25) is 9.13 Å². The van der Waals surface area contributed by atoms with Crippen LogP contribution in [0, 0.1) is 0 Å². The van der Waals surface area contributed by atoms with E-state index >= 15 is 0 Å². The average Bonchev–Trinajstić information content (AvgIpc) is 2.61. The lowest BCUT2D eigenvalue weighted by Gasteiger charge is -2.07. The highest BCUT2D eigenvalue weighted by Crippen LogP contribution is 1.94. The maximum atomic E-state index is 11.8. The molecule has 0 saturated heterocycles. The van der Waals surface area contributed by atoms with Crippen molar-refractivity contribution in [2.75, 3.05) is 6.54 Å². The van der Waals surface area contributed by atoms with Gasteiger partial charge in [-0.05, 0) is 25.8 Å². The molecular formula is C13H25N3O. The minimum atomic E-state index is 0.128. The van der Waals surface area contributed by atoms with Gasteiger partial charge in [-0.25, -0.2) is 4.79 Å². The second-order valence-corrected chi connectivity index (χ2v) is 4.78. The fourth-order valence-corrected chi connectivity index (χ4v) is 1.83. The largest absolute Gasteiger partial charge is 0.328 e. The lowest BCUT2D eigenvalue weighted by atomic mass is 10.3. The Morgan fingerprint density at radius 1 is 1.18 bits per heavy atom. The zero-order valence-electron chi connectivity index (χ0n) is 11.3. The molecule has 0 amide bonds. The summed E-state index contributed by atoms with van der Waals surface area (Å²) >= 11 is 0. The number of imidazole rings is 1. The van der Waals surface area contributed by atoms with Gasteiger partial charge in [0.25, 0.3) is 0 Å². The summed E-state index contributed by atoms with van der Waals surface area (Å²) in [6.45, 7) is 9.06. The van der Waals surface area contributed by atoms with E-state index < -0.39 is 0 Å². The number of hydrogen-bond donors (Lipinski definition) is 1. The summed E-state index contributed by atoms with van der Waals surface area (Å²) in [6, 6.07) is 0.545. The molecule has 1 aromatic rings. The van der Waals surface area contributed by atoms with Crippen LogP contribution in [0.5, 0.6) is 0 Å². The molecule has 0 aliphatic rings. The summed E-state index contributed by atoms with van der Waals surface area (Å²) in [4.78, 5) is 11.8. The van der Waals surface area contributed by atoms with Crippen molar-refractivity contribution in [3.8, 4) is 0 Å². The molecule has 0 saturated carbocycles. The second-order valence-electron chi connectivity index (χ2n) is 4.78. The van der Waals surface area contributed by atoms with Gasteiger partial charge in [-0.2, -0.15) is 0 Å². The van der Waals surface area contributed by atoms with Crippen molar-refractivity contribution in [1.29, 1.82) is 0 Å². The SMILES string of the molecule is CCCn1ccn(CCCCNC(C)C)c1=O. The molecule has 0 aliphatic heterocycles. The van der Waals surface area contributed by atoms with Crippen LogP contribution in [-0.2, 0) is 13.1 Å². The Morgan fingerprint density at radius 3 is 2.41 bits per heavy atom. The molecule has 98 valence electrons. The fourth-order valence-electron chi connectivity index (χ4n) is 1.83. The molecule has 1 heterocycles. The first-order valence-electron chi connectivity index (χ1n) is 6.64. The quantitative estimate of drug-likeness (QED) is 0.703. The Balaban J connectivity index is 2.30. The van der Waals surface area contributed by atoms with Crippen LogP contribution in [0.15, 0.2) is 17.2 Å². The summed E-state index contributed by atoms with van der Waals surface area (Å²) < 4.78 is 3.59. The van der Waals surface area contributed by atoms with Gasteiger partial charge in [0.1, 0.15) is 0 Å². The molecule has 1 N–H and O–H groups in total. The minimum Gasteiger partial charge on any atom is -0.315 e. The van der Waals surface area contributed by atoms with Crippen molar-refractivity contribution in [2.24, 2.45) is 0 Å². The molecule has 17 heavy (non-hydrogen) atoms. The van der Waals surface area contributed by atoms with E-state index in [0.717, 1.165) is 38.9 Å². The molecule has 0 atom stereocenters. The van der Waals surface area contributed by atoms with Gasteiger partial charge in [-0.1, -0.05) is 20.8 Å². The number of nitrogens with one attached hydrogen (secondary N) is 1. The zero-order chi connectivity index (χ0) is 12.7. The molecule has 0 radical (unpaired) electrons. The Morgan fingerprint density at radius 2 is 1.82 bits per heavy atom. The van der Waals surface area contributed by atoms with Crippen molar-refractivity contribution in [2.45, 2.75) is 59.2 Å². The smallest absolute Gasteiger partial charge is 0.315 e. The number of unbranched alkanes of at least 4 members (excludes halogenated alkanes) is 1. The summed E-state index contributed by atoms with van der Waals surface area (Å²) in [5, 5.41) is 3.38. The van der Waals surface area contributed by atoms with E-state index in [0.29, 0.717) is 6.04 Å². The summed E-state index contributed by atoms with van der Waals surface area (Å²) in [7, 11) is 0. The predicted octanol–water partition coefficient (Wildman–Crippen LogP) is 1.84. The van der Waals surface area contributed by atoms with Gasteiger partial charge < -0.3 is 5.32 Å². The van der Waals surface area contributed by atoms with Crippen LogP contribution in [0.3, 0.4) is 0 Å². The third-order valence-electron chi connectivity index (χ3n) is 2.76. The topological polar surface area (TPSA) is 39.0 Å². The highest BCUT2D eigenvalue weighted by atomic mass is 16.1. The first kappa shape index (κ1) is 14.0. The van der Waals surface area contributed by atoms with Crippen molar-refractivity contribution in [1.82, 2.24) is 14.5 Å². The van der Waals surface area contributed by atoms with Crippen LogP contribution in [0.2, 0.25) is 0 Å². The van der Waals surface area contributed by atoms with Gasteiger partial charge in [0.2, 0.25) is 0 Å². The Bertz CT molecular complexity index is 365. The Labute approximate surface area is 104 Å². The highest BCUT2D eigenvalue weighted by Gasteiger charge is 2.01. The number of rotatable bonds is 8. The molecule has 0 aliphatic carbocycles. The lowest BCUT2D eigenvalue weighted by Crippen LogP contribution is -2.26. The number of aryl methyl sites for hydroxylation is 2. The fraction of sp³-hybridized carbons (Fsp3) is 0.769. The van der Waals surface area contributed by atoms with E-state index in [-0.39, 0.29) is 5.69 Å². The van der Waals surface area contributed by atoms with E-state index in [4.69, 9.17) is 0 Å². The molecule has 1 rings (SSSR count). The molecule has 0 unspecified atom stereocenters. The monoisotopic (exact) mass is 239 g/mol. The van der Waals surface area contributed by atoms with Gasteiger partial charge >= 0.3 is 5.69 Å². The van der Waals surface area contributed by atoms with E-state index in [1.54, 1.807) is 4.57 Å². The van der Waals surface area contributed by atoms with Gasteiger partial charge in [-0.15, -0.1) is 0 Å². The van der Waals surface area contributed by atoms with Crippen molar-refractivity contribution in [3.63, 3.8) is 0 Å². The molecule has 0 bridgehead atoms. The van der Waals surface area contributed by atoms with Crippen molar-refractivity contribution >= 4 is 0 Å². The first-order chi connectivity index (χ1) is 8.15. The minimum absolute atomic E-state index is 0.128. The zero-order valence-corrected chi connectivity index (χ0v) is 11.3. The van der Waals surface area contributed by atoms with Gasteiger partial charge in [0.05, 0.1) is 0 Å². The number of nitrogens with zero attached hydrogens (tertiary/aromatic N) is 2. The number of hydrogen-bond acceptors (Lipinski definition) is 2. The third-order valence-corrected chi connectivity index (χ3v) is 2.76. The average molecular weight is 239 g/mol. The molecule has 0 spiro atoms. The van der Waals surface area contributed by atoms with Crippen LogP contribution in [0.1, 0.15) is 40.0 Å². The van der Waals surface area contributed by atoms with Crippen LogP contribution in [0.4, 0.5) is 0 Å². The van der Waals surface area contributed by atoms with Crippen molar-refractivity contribution in [3.05, 3.63) is 22.9 Å². The van der Waals surface area contributed by atoms with E-state index in [2.05, 4.69) is 26.1 Å². The summed E-state index contributed by atoms with van der Waals surface area (Å²) in [5.41, 5.74) is 0.128. The molecular weight excluding hydrogens is 214 g/mol. The molecule has 4 heteroatoms. The standard InChI is InChI=1S/C13H25N3O/c1-4-8-15-10-11-16(13(15)17)9-6-5-7-14-12(2)3/h10-12,14H,4-9H2,1-3H3. The van der Waals surface area contributed by atoms with E-state index in [1.807, 2.05) is 17.0 Å². The van der Waals surface area contributed by atoms with Gasteiger partial charge in [0.15, 0.2) is 0 Å². The maximum absolute atomic E-state index is 11.8. The van der Waals surface area contributed by atoms with Crippen LogP contribution >= 0.6 is 0 Å². The highest BCUT2D eigenvalue weighted by molar-refractivity contribution is 4.81. The van der Waals surface area contributed by atoms with Crippen LogP contribution in [-0.4, -0.2) is 21.7 Å². The van der Waals surface area contributed by atoms with E-state index in [9.17, 15) is 4.79 Å². The summed E-state index contributed by atoms with van der Waals surface area (Å²) in [5.74, 6) is 0. The van der Waals surface area contributed by atoms with E-state index in [1.165, 1.54) is 0 Å². The van der Waals surface area contributed by atoms with Gasteiger partial charge in [0, 0.05) is 31.5 Å². The van der Waals surface area contributed by atoms with Crippen LogP contribution < -0.4 is 11.0 Å². The first-order valence-corrected chi connectivity index (χ1v) is 6.64. The molecule has 4 nitrogen and oxygen atoms in total. The number of aromatic nitrogens is 2. The predicted molar refractivity (Wildman–Crippen MR) is 71.4 cm³/mol.